The van der Waals surface area contributed by atoms with E-state index in [0.29, 0.717) is 25.1 Å². The number of rotatable bonds is 7. The van der Waals surface area contributed by atoms with Crippen LogP contribution in [0.1, 0.15) is 51.9 Å². The van der Waals surface area contributed by atoms with Crippen LogP contribution in [0.25, 0.3) is 0 Å². The molecule has 0 aromatic rings. The molecule has 1 fully saturated rings. The second-order valence-corrected chi connectivity index (χ2v) is 5.25. The first-order chi connectivity index (χ1) is 8.69. The van der Waals surface area contributed by atoms with E-state index in [0.717, 1.165) is 45.1 Å². The summed E-state index contributed by atoms with van der Waals surface area (Å²) in [5.74, 6) is 0.286. The average molecular weight is 256 g/mol. The van der Waals surface area contributed by atoms with Gasteiger partial charge in [-0.3, -0.25) is 4.79 Å². The van der Waals surface area contributed by atoms with Crippen LogP contribution >= 0.6 is 0 Å². The van der Waals surface area contributed by atoms with Gasteiger partial charge in [0.1, 0.15) is 0 Å². The molecule has 1 aliphatic rings. The Hall–Kier alpha value is -0.610. The first kappa shape index (κ1) is 15.4. The van der Waals surface area contributed by atoms with Crippen LogP contribution < -0.4 is 5.73 Å². The van der Waals surface area contributed by atoms with Gasteiger partial charge in [-0.1, -0.05) is 6.92 Å². The summed E-state index contributed by atoms with van der Waals surface area (Å²) in [6, 6.07) is 0.758. The number of carbonyl (C=O) groups is 1. The lowest BCUT2D eigenvalue weighted by molar-refractivity contribution is -0.134. The maximum Gasteiger partial charge on any atom is 0.222 e. The molecule has 1 amide bonds. The first-order valence-corrected chi connectivity index (χ1v) is 7.23. The minimum Gasteiger partial charge on any atom is -0.385 e. The Labute approximate surface area is 111 Å². The predicted octanol–water partition coefficient (Wildman–Crippen LogP) is 1.92. The molecule has 106 valence electrons. The fourth-order valence-electron chi connectivity index (χ4n) is 2.68. The summed E-state index contributed by atoms with van der Waals surface area (Å²) in [6.45, 7) is 3.68. The van der Waals surface area contributed by atoms with Gasteiger partial charge in [-0.2, -0.15) is 0 Å². The number of hydrogen-bond acceptors (Lipinski definition) is 3. The Morgan fingerprint density at radius 1 is 1.33 bits per heavy atom. The summed E-state index contributed by atoms with van der Waals surface area (Å²) in [5.41, 5.74) is 5.93. The predicted molar refractivity (Wildman–Crippen MR) is 73.3 cm³/mol. The lowest BCUT2D eigenvalue weighted by Gasteiger charge is -2.36. The quantitative estimate of drug-likeness (QED) is 0.708. The normalized spacial score (nSPS) is 23.9. The summed E-state index contributed by atoms with van der Waals surface area (Å²) in [5, 5.41) is 0. The highest BCUT2D eigenvalue weighted by atomic mass is 16.5. The van der Waals surface area contributed by atoms with Gasteiger partial charge in [-0.25, -0.2) is 0 Å². The van der Waals surface area contributed by atoms with Crippen LogP contribution in [0.2, 0.25) is 0 Å². The molecule has 0 heterocycles. The van der Waals surface area contributed by atoms with Crippen molar-refractivity contribution in [1.82, 2.24) is 4.90 Å². The second-order valence-electron chi connectivity index (χ2n) is 5.25. The molecule has 0 atom stereocenters. The van der Waals surface area contributed by atoms with Gasteiger partial charge in [-0.15, -0.1) is 0 Å². The van der Waals surface area contributed by atoms with Gasteiger partial charge in [0.15, 0.2) is 0 Å². The van der Waals surface area contributed by atoms with Gasteiger partial charge in [-0.05, 0) is 38.5 Å². The van der Waals surface area contributed by atoms with E-state index in [9.17, 15) is 4.79 Å². The largest absolute Gasteiger partial charge is 0.385 e. The van der Waals surface area contributed by atoms with E-state index in [2.05, 4.69) is 11.8 Å². The number of ether oxygens (including phenoxy) is 1. The van der Waals surface area contributed by atoms with Crippen LogP contribution in [-0.2, 0) is 9.53 Å². The molecule has 2 N–H and O–H groups in total. The Kier molecular flexibility index (Phi) is 7.28. The minimum atomic E-state index is 0.286. The molecule has 0 aromatic heterocycles. The smallest absolute Gasteiger partial charge is 0.222 e. The molecule has 0 aromatic carbocycles. The van der Waals surface area contributed by atoms with Crippen molar-refractivity contribution in [2.75, 3.05) is 20.3 Å². The van der Waals surface area contributed by atoms with E-state index < -0.39 is 0 Å². The molecule has 0 spiro atoms. The Morgan fingerprint density at radius 2 is 2.00 bits per heavy atom. The molecule has 0 bridgehead atoms. The number of hydrogen-bond donors (Lipinski definition) is 1. The number of amides is 1. The molecule has 1 rings (SSSR count). The molecule has 0 saturated heterocycles. The molecule has 4 nitrogen and oxygen atoms in total. The minimum absolute atomic E-state index is 0.286. The summed E-state index contributed by atoms with van der Waals surface area (Å²) >= 11 is 0. The van der Waals surface area contributed by atoms with Crippen LogP contribution in [0.15, 0.2) is 0 Å². The molecular weight excluding hydrogens is 228 g/mol. The third-order valence-corrected chi connectivity index (χ3v) is 3.71. The number of nitrogens with zero attached hydrogens (tertiary/aromatic N) is 1. The molecule has 1 aliphatic carbocycles. The lowest BCUT2D eigenvalue weighted by atomic mass is 9.90. The van der Waals surface area contributed by atoms with Crippen LogP contribution in [0.3, 0.4) is 0 Å². The summed E-state index contributed by atoms with van der Waals surface area (Å²) in [7, 11) is 1.68. The van der Waals surface area contributed by atoms with E-state index >= 15 is 0 Å². The van der Waals surface area contributed by atoms with Crippen molar-refractivity contribution in [3.05, 3.63) is 0 Å². The standard InChI is InChI=1S/C14H28N2O2/c1-3-10-16(14(17)5-4-11-18-2)13-8-6-12(15)7-9-13/h12-13H,3-11,15H2,1-2H3. The van der Waals surface area contributed by atoms with Crippen LogP contribution in [-0.4, -0.2) is 43.2 Å². The van der Waals surface area contributed by atoms with Gasteiger partial charge in [0.05, 0.1) is 0 Å². The van der Waals surface area contributed by atoms with Crippen molar-refractivity contribution in [2.24, 2.45) is 5.73 Å². The van der Waals surface area contributed by atoms with Crippen LogP contribution in [0, 0.1) is 0 Å². The summed E-state index contributed by atoms with van der Waals surface area (Å²) < 4.78 is 5.00. The molecule has 4 heteroatoms. The fourth-order valence-corrected chi connectivity index (χ4v) is 2.68. The maximum atomic E-state index is 12.2. The molecule has 0 unspecified atom stereocenters. The molecule has 1 saturated carbocycles. The topological polar surface area (TPSA) is 55.6 Å². The average Bonchev–Trinajstić information content (AvgIpc) is 2.37. The van der Waals surface area contributed by atoms with Crippen molar-refractivity contribution in [2.45, 2.75) is 64.0 Å². The zero-order chi connectivity index (χ0) is 13.4. The van der Waals surface area contributed by atoms with Gasteiger partial charge in [0.25, 0.3) is 0 Å². The summed E-state index contributed by atoms with van der Waals surface area (Å²) in [6.07, 6.45) is 6.69. The van der Waals surface area contributed by atoms with E-state index in [1.807, 2.05) is 0 Å². The van der Waals surface area contributed by atoms with Crippen molar-refractivity contribution in [1.29, 1.82) is 0 Å². The molecule has 18 heavy (non-hydrogen) atoms. The Bertz CT molecular complexity index is 238. The molecular formula is C14H28N2O2. The van der Waals surface area contributed by atoms with Crippen LogP contribution in [0.4, 0.5) is 0 Å². The van der Waals surface area contributed by atoms with Crippen LogP contribution in [0.5, 0.6) is 0 Å². The number of methoxy groups -OCH3 is 1. The van der Waals surface area contributed by atoms with Gasteiger partial charge >= 0.3 is 0 Å². The second kappa shape index (κ2) is 8.48. The molecule has 0 aliphatic heterocycles. The van der Waals surface area contributed by atoms with Gasteiger partial charge in [0.2, 0.25) is 5.91 Å². The first-order valence-electron chi connectivity index (χ1n) is 7.23. The monoisotopic (exact) mass is 256 g/mol. The zero-order valence-corrected chi connectivity index (χ0v) is 11.9. The maximum absolute atomic E-state index is 12.2. The van der Waals surface area contributed by atoms with E-state index in [1.54, 1.807) is 7.11 Å². The highest BCUT2D eigenvalue weighted by molar-refractivity contribution is 5.76. The van der Waals surface area contributed by atoms with Gasteiger partial charge < -0.3 is 15.4 Å². The Morgan fingerprint density at radius 3 is 2.56 bits per heavy atom. The number of carbonyl (C=O) groups excluding carboxylic acids is 1. The third kappa shape index (κ3) is 4.94. The van der Waals surface area contributed by atoms with E-state index in [-0.39, 0.29) is 5.91 Å². The SMILES string of the molecule is CCCN(C(=O)CCCOC)C1CCC(N)CC1. The van der Waals surface area contributed by atoms with Gasteiger partial charge in [0, 0.05) is 38.8 Å². The van der Waals surface area contributed by atoms with Crippen molar-refractivity contribution in [3.8, 4) is 0 Å². The highest BCUT2D eigenvalue weighted by Crippen LogP contribution is 2.23. The van der Waals surface area contributed by atoms with Crippen molar-refractivity contribution in [3.63, 3.8) is 0 Å². The Balaban J connectivity index is 2.44. The molecule has 0 radical (unpaired) electrons. The van der Waals surface area contributed by atoms with Crippen molar-refractivity contribution < 1.29 is 9.53 Å². The van der Waals surface area contributed by atoms with E-state index in [4.69, 9.17) is 10.5 Å². The fraction of sp³-hybridized carbons (Fsp3) is 0.929. The number of nitrogens with two attached hydrogens (primary N) is 1. The zero-order valence-electron chi connectivity index (χ0n) is 11.9. The third-order valence-electron chi connectivity index (χ3n) is 3.71. The lowest BCUT2D eigenvalue weighted by Crippen LogP contribution is -2.44. The van der Waals surface area contributed by atoms with Crippen molar-refractivity contribution >= 4 is 5.91 Å². The highest BCUT2D eigenvalue weighted by Gasteiger charge is 2.26. The summed E-state index contributed by atoms with van der Waals surface area (Å²) in [4.78, 5) is 14.3. The van der Waals surface area contributed by atoms with E-state index in [1.165, 1.54) is 0 Å².